The van der Waals surface area contributed by atoms with Gasteiger partial charge in [-0.15, -0.1) is 0 Å². The van der Waals surface area contributed by atoms with Crippen LogP contribution in [0.15, 0.2) is 0 Å². The summed E-state index contributed by atoms with van der Waals surface area (Å²) < 4.78 is 5.32. The van der Waals surface area contributed by atoms with Crippen LogP contribution in [0.1, 0.15) is 161 Å². The van der Waals surface area contributed by atoms with E-state index < -0.39 is 5.97 Å². The molecule has 191 valence electrons. The van der Waals surface area contributed by atoms with Gasteiger partial charge < -0.3 is 14.6 Å². The van der Waals surface area contributed by atoms with E-state index in [0.29, 0.717) is 19.4 Å². The number of hydrogen-bond donors (Lipinski definition) is 0. The Hall–Kier alpha value is 0.200. The molecule has 0 aliphatic heterocycles. The molecule has 0 N–H and O–H groups in total. The number of ether oxygens (including phenoxy) is 1. The van der Waals surface area contributed by atoms with Gasteiger partial charge >= 0.3 is 43.7 Å². The van der Waals surface area contributed by atoms with Gasteiger partial charge in [0.05, 0.1) is 6.61 Å². The van der Waals surface area contributed by atoms with E-state index in [-0.39, 0.29) is 50.1 Å². The number of carboxylic acids is 1. The van der Waals surface area contributed by atoms with E-state index in [0.717, 1.165) is 44.9 Å². The van der Waals surface area contributed by atoms with Gasteiger partial charge in [0.25, 0.3) is 0 Å². The quantitative estimate of drug-likeness (QED) is 0.0721. The summed E-state index contributed by atoms with van der Waals surface area (Å²) in [6.07, 6.45) is 27.9. The minimum atomic E-state index is -0.961. The maximum atomic E-state index is 11.7. The maximum Gasteiger partial charge on any atom is 1.00 e. The van der Waals surface area contributed by atoms with E-state index in [1.165, 1.54) is 89.9 Å². The van der Waals surface area contributed by atoms with Crippen LogP contribution in [-0.4, -0.2) is 56.3 Å². The summed E-state index contributed by atoms with van der Waals surface area (Å²) in [6.45, 7) is 2.85. The van der Waals surface area contributed by atoms with Gasteiger partial charge in [-0.25, -0.2) is 0 Å². The van der Waals surface area contributed by atoms with Gasteiger partial charge in [0, 0.05) is 12.4 Å². The van der Waals surface area contributed by atoms with Crippen LogP contribution < -0.4 is 5.11 Å². The number of carbonyl (C=O) groups excluding carboxylic acids is 2. The fraction of sp³-hybridized carbons (Fsp3) is 0.929. The molecule has 0 fully saturated rings. The second kappa shape index (κ2) is 30.2. The van der Waals surface area contributed by atoms with Gasteiger partial charge in [-0.2, -0.15) is 0 Å². The van der Waals surface area contributed by atoms with Gasteiger partial charge in [0.2, 0.25) is 0 Å². The van der Waals surface area contributed by atoms with Crippen molar-refractivity contribution >= 4 is 49.7 Å². The molecule has 0 aromatic carbocycles. The average Bonchev–Trinajstić information content (AvgIpc) is 2.77. The molecule has 0 spiro atoms. The predicted molar refractivity (Wildman–Crippen MR) is 138 cm³/mol. The first-order valence-corrected chi connectivity index (χ1v) is 14.0. The van der Waals surface area contributed by atoms with Gasteiger partial charge in [0.15, 0.2) is 0 Å². The molecule has 0 saturated heterocycles. The first-order chi connectivity index (χ1) is 15.7. The van der Waals surface area contributed by atoms with Crippen molar-refractivity contribution in [3.8, 4) is 0 Å². The zero-order chi connectivity index (χ0) is 23.5. The molecule has 4 nitrogen and oxygen atoms in total. The maximum absolute atomic E-state index is 11.7. The minimum absolute atomic E-state index is 0. The Balaban J connectivity index is 0. The summed E-state index contributed by atoms with van der Waals surface area (Å²) in [5.41, 5.74) is 0. The first kappa shape index (κ1) is 35.4. The SMILES string of the molecule is CCCCCCCCCCCCCCCCCCOC(=O)CCCCCCCCC(=O)[O-].[Ca+]. The average molecular weight is 494 g/mol. The summed E-state index contributed by atoms with van der Waals surface area (Å²) in [4.78, 5) is 22.0. The van der Waals surface area contributed by atoms with Crippen molar-refractivity contribution in [2.75, 3.05) is 6.61 Å². The second-order valence-corrected chi connectivity index (χ2v) is 9.52. The fourth-order valence-corrected chi connectivity index (χ4v) is 4.15. The van der Waals surface area contributed by atoms with Crippen molar-refractivity contribution in [3.05, 3.63) is 0 Å². The number of rotatable bonds is 26. The third kappa shape index (κ3) is 32.2. The Kier molecular flexibility index (Phi) is 32.4. The van der Waals surface area contributed by atoms with Crippen molar-refractivity contribution in [3.63, 3.8) is 0 Å². The molecule has 0 rings (SSSR count). The summed E-state index contributed by atoms with van der Waals surface area (Å²) in [7, 11) is 0. The Bertz CT molecular complexity index is 415. The van der Waals surface area contributed by atoms with Crippen LogP contribution in [0.25, 0.3) is 0 Å². The van der Waals surface area contributed by atoms with Crippen molar-refractivity contribution in [1.82, 2.24) is 0 Å². The Morgan fingerprint density at radius 3 is 1.24 bits per heavy atom. The molecule has 0 atom stereocenters. The topological polar surface area (TPSA) is 66.4 Å². The number of unbranched alkanes of at least 4 members (excludes halogenated alkanes) is 20. The van der Waals surface area contributed by atoms with Gasteiger partial charge in [-0.1, -0.05) is 129 Å². The van der Waals surface area contributed by atoms with Crippen molar-refractivity contribution in [2.24, 2.45) is 0 Å². The number of carboxylic acid groups (broad SMARTS) is 1. The van der Waals surface area contributed by atoms with Crippen LogP contribution in [0.5, 0.6) is 0 Å². The Labute approximate surface area is 235 Å². The molecule has 1 radical (unpaired) electrons. The standard InChI is InChI=1S/C28H54O4.Ca/c1-2-3-4-5-6-7-8-9-10-11-12-13-14-17-20-23-26-32-28(31)25-22-19-16-15-18-21-24-27(29)30;/h2-26H2,1H3,(H,29,30);/q;+1/p-1. The van der Waals surface area contributed by atoms with Crippen LogP contribution in [0, 0.1) is 0 Å². The third-order valence-electron chi connectivity index (χ3n) is 6.27. The molecular weight excluding hydrogens is 440 g/mol. The van der Waals surface area contributed by atoms with E-state index in [9.17, 15) is 14.7 Å². The summed E-state index contributed by atoms with van der Waals surface area (Å²) in [5.74, 6) is -1.03. The van der Waals surface area contributed by atoms with Gasteiger partial charge in [-0.05, 0) is 25.7 Å². The van der Waals surface area contributed by atoms with E-state index >= 15 is 0 Å². The summed E-state index contributed by atoms with van der Waals surface area (Å²) >= 11 is 0. The Morgan fingerprint density at radius 2 is 0.848 bits per heavy atom. The third-order valence-corrected chi connectivity index (χ3v) is 6.27. The molecule has 0 heterocycles. The molecule has 0 aliphatic rings. The van der Waals surface area contributed by atoms with Crippen LogP contribution in [0.4, 0.5) is 0 Å². The molecular formula is C28H53CaO4. The number of hydrogen-bond acceptors (Lipinski definition) is 4. The molecule has 0 aliphatic carbocycles. The van der Waals surface area contributed by atoms with Crippen molar-refractivity contribution in [1.29, 1.82) is 0 Å². The van der Waals surface area contributed by atoms with E-state index in [1.807, 2.05) is 0 Å². The van der Waals surface area contributed by atoms with Gasteiger partial charge in [0.1, 0.15) is 0 Å². The predicted octanol–water partition coefficient (Wildman–Crippen LogP) is 7.28. The van der Waals surface area contributed by atoms with Crippen molar-refractivity contribution in [2.45, 2.75) is 161 Å². The van der Waals surface area contributed by atoms with Crippen LogP contribution in [-0.2, 0) is 14.3 Å². The number of esters is 1. The first-order valence-electron chi connectivity index (χ1n) is 14.0. The van der Waals surface area contributed by atoms with E-state index in [1.54, 1.807) is 0 Å². The summed E-state index contributed by atoms with van der Waals surface area (Å²) in [5, 5.41) is 10.3. The van der Waals surface area contributed by atoms with Crippen LogP contribution in [0.2, 0.25) is 0 Å². The number of aliphatic carboxylic acids is 1. The zero-order valence-electron chi connectivity index (χ0n) is 22.0. The molecule has 0 aromatic heterocycles. The van der Waals surface area contributed by atoms with Crippen LogP contribution in [0.3, 0.4) is 0 Å². The molecule has 33 heavy (non-hydrogen) atoms. The molecule has 5 heteroatoms. The Morgan fingerprint density at radius 1 is 0.515 bits per heavy atom. The van der Waals surface area contributed by atoms with Crippen molar-refractivity contribution < 1.29 is 19.4 Å². The summed E-state index contributed by atoms with van der Waals surface area (Å²) in [6, 6.07) is 0. The van der Waals surface area contributed by atoms with E-state index in [4.69, 9.17) is 4.74 Å². The molecule has 0 amide bonds. The molecule has 0 bridgehead atoms. The molecule has 0 aromatic rings. The second-order valence-electron chi connectivity index (χ2n) is 9.52. The zero-order valence-corrected chi connectivity index (χ0v) is 24.2. The van der Waals surface area contributed by atoms with E-state index in [2.05, 4.69) is 6.92 Å². The normalized spacial score (nSPS) is 10.7. The minimum Gasteiger partial charge on any atom is -0.550 e. The molecule has 0 saturated carbocycles. The largest absolute Gasteiger partial charge is 1.00 e. The van der Waals surface area contributed by atoms with Crippen LogP contribution >= 0.6 is 0 Å². The van der Waals surface area contributed by atoms with Gasteiger partial charge in [-0.3, -0.25) is 4.79 Å². The fourth-order valence-electron chi connectivity index (χ4n) is 4.15. The smallest absolute Gasteiger partial charge is 0.550 e. The molecule has 0 unspecified atom stereocenters. The monoisotopic (exact) mass is 493 g/mol. The number of carbonyl (C=O) groups is 2.